The van der Waals surface area contributed by atoms with Gasteiger partial charge in [0.25, 0.3) is 0 Å². The van der Waals surface area contributed by atoms with E-state index < -0.39 is 0 Å². The van der Waals surface area contributed by atoms with Crippen molar-refractivity contribution in [2.45, 2.75) is 115 Å². The highest BCUT2D eigenvalue weighted by Crippen LogP contribution is 2.58. The van der Waals surface area contributed by atoms with Crippen molar-refractivity contribution in [2.75, 3.05) is 0 Å². The van der Waals surface area contributed by atoms with E-state index >= 15 is 0 Å². The van der Waals surface area contributed by atoms with Gasteiger partial charge in [0.1, 0.15) is 6.10 Å². The second kappa shape index (κ2) is 7.30. The summed E-state index contributed by atoms with van der Waals surface area (Å²) in [4.78, 5) is 3.01. The highest BCUT2D eigenvalue weighted by Gasteiger charge is 2.60. The van der Waals surface area contributed by atoms with Crippen molar-refractivity contribution in [3.05, 3.63) is 11.3 Å². The molecule has 6 aliphatic rings. The molecule has 9 atom stereocenters. The van der Waals surface area contributed by atoms with Crippen molar-refractivity contribution in [1.29, 1.82) is 5.26 Å². The molecule has 3 saturated carbocycles. The van der Waals surface area contributed by atoms with Gasteiger partial charge in [0.2, 0.25) is 0 Å². The first-order valence-electron chi connectivity index (χ1n) is 12.8. The maximum atomic E-state index is 10.1. The zero-order valence-corrected chi connectivity index (χ0v) is 18.2. The second-order valence-corrected chi connectivity index (χ2v) is 11.3. The highest BCUT2D eigenvalue weighted by atomic mass is 16.5. The van der Waals surface area contributed by atoms with Crippen LogP contribution < -0.4 is 0 Å². The SMILES string of the molecule is CC1CCC(N2C3CCCCC3C3CCC4OC5=C(CCCC5)C4C32)C(C#N)C1. The monoisotopic (exact) mass is 394 g/mol. The molecule has 1 saturated heterocycles. The van der Waals surface area contributed by atoms with Gasteiger partial charge in [0.05, 0.1) is 17.7 Å². The molecule has 6 rings (SSSR count). The van der Waals surface area contributed by atoms with Gasteiger partial charge < -0.3 is 4.74 Å². The van der Waals surface area contributed by atoms with E-state index in [4.69, 9.17) is 4.74 Å². The predicted octanol–water partition coefficient (Wildman–Crippen LogP) is 5.81. The molecule has 3 heteroatoms. The van der Waals surface area contributed by atoms with E-state index in [-0.39, 0.29) is 5.92 Å². The van der Waals surface area contributed by atoms with Gasteiger partial charge in [-0.1, -0.05) is 19.8 Å². The molecule has 0 N–H and O–H groups in total. The molecule has 0 aromatic heterocycles. The van der Waals surface area contributed by atoms with Crippen LogP contribution in [0, 0.1) is 40.9 Å². The molecule has 0 amide bonds. The normalized spacial score (nSPS) is 49.4. The number of ether oxygens (including phenoxy) is 1. The summed E-state index contributed by atoms with van der Waals surface area (Å²) in [7, 11) is 0. The fourth-order valence-electron chi connectivity index (χ4n) is 8.76. The second-order valence-electron chi connectivity index (χ2n) is 11.3. The number of nitriles is 1. The number of nitrogens with zero attached hydrogens (tertiary/aromatic N) is 2. The summed E-state index contributed by atoms with van der Waals surface area (Å²) < 4.78 is 6.62. The number of fused-ring (bicyclic) bond motifs is 6. The van der Waals surface area contributed by atoms with Gasteiger partial charge in [-0.2, -0.15) is 5.26 Å². The van der Waals surface area contributed by atoms with Crippen LogP contribution in [0.2, 0.25) is 0 Å². The molecular weight excluding hydrogens is 356 g/mol. The Morgan fingerprint density at radius 2 is 1.76 bits per heavy atom. The lowest BCUT2D eigenvalue weighted by Crippen LogP contribution is -2.55. The summed E-state index contributed by atoms with van der Waals surface area (Å²) in [6.45, 7) is 2.36. The van der Waals surface area contributed by atoms with Crippen LogP contribution in [0.4, 0.5) is 0 Å². The molecular formula is C26H38N2O. The lowest BCUT2D eigenvalue weighted by molar-refractivity contribution is -0.0172. The summed E-state index contributed by atoms with van der Waals surface area (Å²) in [5, 5.41) is 10.1. The van der Waals surface area contributed by atoms with E-state index in [1.165, 1.54) is 82.8 Å². The maximum absolute atomic E-state index is 10.1. The molecule has 0 bridgehead atoms. The van der Waals surface area contributed by atoms with Crippen molar-refractivity contribution in [1.82, 2.24) is 4.90 Å². The molecule has 0 aromatic rings. The Balaban J connectivity index is 1.40. The average molecular weight is 395 g/mol. The molecule has 0 spiro atoms. The molecule has 0 radical (unpaired) electrons. The predicted molar refractivity (Wildman–Crippen MR) is 114 cm³/mol. The molecule has 29 heavy (non-hydrogen) atoms. The minimum Gasteiger partial charge on any atom is -0.494 e. The first-order valence-corrected chi connectivity index (χ1v) is 12.8. The van der Waals surface area contributed by atoms with E-state index in [0.29, 0.717) is 24.1 Å². The van der Waals surface area contributed by atoms with Crippen LogP contribution in [-0.2, 0) is 4.74 Å². The van der Waals surface area contributed by atoms with Crippen molar-refractivity contribution in [3.63, 3.8) is 0 Å². The zero-order chi connectivity index (χ0) is 19.5. The van der Waals surface area contributed by atoms with E-state index in [2.05, 4.69) is 17.9 Å². The van der Waals surface area contributed by atoms with E-state index in [9.17, 15) is 5.26 Å². The largest absolute Gasteiger partial charge is 0.494 e. The van der Waals surface area contributed by atoms with Gasteiger partial charge in [0, 0.05) is 30.5 Å². The molecule has 9 unspecified atom stereocenters. The first kappa shape index (κ1) is 18.7. The third-order valence-corrected chi connectivity index (χ3v) is 9.83. The molecule has 2 aliphatic heterocycles. The maximum Gasteiger partial charge on any atom is 0.106 e. The molecule has 4 aliphatic carbocycles. The topological polar surface area (TPSA) is 36.3 Å². The summed E-state index contributed by atoms with van der Waals surface area (Å²) in [6.07, 6.45) is 17.6. The minimum atomic E-state index is 0.239. The van der Waals surface area contributed by atoms with Crippen LogP contribution in [0.15, 0.2) is 11.3 Å². The Hall–Kier alpha value is -1.01. The third kappa shape index (κ3) is 2.84. The Labute approximate surface area is 176 Å². The van der Waals surface area contributed by atoms with E-state index in [0.717, 1.165) is 30.2 Å². The fraction of sp³-hybridized carbons (Fsp3) is 0.885. The quantitative estimate of drug-likeness (QED) is 0.563. The summed E-state index contributed by atoms with van der Waals surface area (Å²) in [6, 6.07) is 4.71. The molecule has 158 valence electrons. The number of hydrogen-bond acceptors (Lipinski definition) is 3. The summed E-state index contributed by atoms with van der Waals surface area (Å²) >= 11 is 0. The van der Waals surface area contributed by atoms with E-state index in [1.807, 2.05) is 0 Å². The minimum absolute atomic E-state index is 0.239. The fourth-order valence-corrected chi connectivity index (χ4v) is 8.76. The molecule has 0 aromatic carbocycles. The lowest BCUT2D eigenvalue weighted by Gasteiger charge is -2.48. The first-order chi connectivity index (χ1) is 14.3. The Morgan fingerprint density at radius 3 is 2.66 bits per heavy atom. The lowest BCUT2D eigenvalue weighted by atomic mass is 9.67. The Morgan fingerprint density at radius 1 is 0.897 bits per heavy atom. The van der Waals surface area contributed by atoms with E-state index in [1.54, 1.807) is 5.57 Å². The highest BCUT2D eigenvalue weighted by molar-refractivity contribution is 5.28. The molecule has 4 fully saturated rings. The standard InChI is InChI=1S/C26H38N2O/c1-16-10-12-21(17(14-16)15-27)28-22-8-4-2-6-18(22)19-11-13-24-25(26(19)28)20-7-3-5-9-23(20)29-24/h16-19,21-22,24-26H,2-14H2,1H3. The van der Waals surface area contributed by atoms with Gasteiger partial charge in [0.15, 0.2) is 0 Å². The number of hydrogen-bond donors (Lipinski definition) is 0. The third-order valence-electron chi connectivity index (χ3n) is 9.83. The number of likely N-dealkylation sites (tertiary alicyclic amines) is 1. The van der Waals surface area contributed by atoms with Gasteiger partial charge >= 0.3 is 0 Å². The van der Waals surface area contributed by atoms with Gasteiger partial charge in [-0.15, -0.1) is 0 Å². The van der Waals surface area contributed by atoms with Gasteiger partial charge in [-0.05, 0) is 87.5 Å². The van der Waals surface area contributed by atoms with Crippen LogP contribution in [0.5, 0.6) is 0 Å². The van der Waals surface area contributed by atoms with Gasteiger partial charge in [-0.25, -0.2) is 0 Å². The Bertz CT molecular complexity index is 723. The average Bonchev–Trinajstić information content (AvgIpc) is 3.29. The van der Waals surface area contributed by atoms with Crippen LogP contribution in [0.3, 0.4) is 0 Å². The number of rotatable bonds is 1. The van der Waals surface area contributed by atoms with Crippen LogP contribution in [0.25, 0.3) is 0 Å². The number of allylic oxidation sites excluding steroid dienone is 1. The van der Waals surface area contributed by atoms with Gasteiger partial charge in [-0.3, -0.25) is 4.90 Å². The van der Waals surface area contributed by atoms with Crippen LogP contribution >= 0.6 is 0 Å². The molecule has 3 nitrogen and oxygen atoms in total. The Kier molecular flexibility index (Phi) is 4.71. The van der Waals surface area contributed by atoms with Crippen molar-refractivity contribution < 1.29 is 4.74 Å². The summed E-state index contributed by atoms with van der Waals surface area (Å²) in [5.74, 6) is 4.75. The summed E-state index contributed by atoms with van der Waals surface area (Å²) in [5.41, 5.74) is 1.72. The zero-order valence-electron chi connectivity index (χ0n) is 18.2. The van der Waals surface area contributed by atoms with Crippen molar-refractivity contribution in [2.24, 2.45) is 29.6 Å². The molecule has 2 heterocycles. The smallest absolute Gasteiger partial charge is 0.106 e. The van der Waals surface area contributed by atoms with Crippen molar-refractivity contribution in [3.8, 4) is 6.07 Å². The van der Waals surface area contributed by atoms with Crippen LogP contribution in [-0.4, -0.2) is 29.1 Å². The van der Waals surface area contributed by atoms with Crippen LogP contribution in [0.1, 0.15) is 90.4 Å². The van der Waals surface area contributed by atoms with Crippen molar-refractivity contribution >= 4 is 0 Å².